The zero-order valence-electron chi connectivity index (χ0n) is 10.7. The molecule has 2 rings (SSSR count). The van der Waals surface area contributed by atoms with Crippen molar-refractivity contribution in [2.24, 2.45) is 5.73 Å². The molecule has 1 aromatic rings. The summed E-state index contributed by atoms with van der Waals surface area (Å²) in [4.78, 5) is 23.2. The molecule has 1 atom stereocenters. The van der Waals surface area contributed by atoms with Gasteiger partial charge in [0.2, 0.25) is 11.6 Å². The van der Waals surface area contributed by atoms with Gasteiger partial charge in [0, 0.05) is 12.5 Å². The summed E-state index contributed by atoms with van der Waals surface area (Å²) in [7, 11) is 0. The lowest BCUT2D eigenvalue weighted by Gasteiger charge is -2.23. The van der Waals surface area contributed by atoms with Gasteiger partial charge in [-0.05, 0) is 19.1 Å². The molecule has 1 heterocycles. The van der Waals surface area contributed by atoms with Crippen LogP contribution in [0.4, 0.5) is 4.39 Å². The number of hydrogen-bond acceptors (Lipinski definition) is 5. The van der Waals surface area contributed by atoms with Crippen LogP contribution >= 0.6 is 11.6 Å². The zero-order chi connectivity index (χ0) is 15.1. The van der Waals surface area contributed by atoms with Gasteiger partial charge in [-0.3, -0.25) is 9.59 Å². The number of Topliss-reactive ketones (excluding diaryl/α,β-unsaturated/α-hetero) is 1. The molecule has 0 radical (unpaired) electrons. The Morgan fingerprint density at radius 1 is 1.50 bits per heavy atom. The molecule has 0 spiro atoms. The Bertz CT molecular complexity index is 643. The Balaban J connectivity index is 2.41. The molecule has 0 bridgehead atoms. The second-order valence-electron chi connectivity index (χ2n) is 4.38. The van der Waals surface area contributed by atoms with Crippen LogP contribution in [0.5, 0.6) is 0 Å². The van der Waals surface area contributed by atoms with Crippen molar-refractivity contribution in [1.82, 2.24) is 0 Å². The molecule has 0 fully saturated rings. The van der Waals surface area contributed by atoms with Crippen molar-refractivity contribution in [2.45, 2.75) is 19.4 Å². The third-order valence-electron chi connectivity index (χ3n) is 2.89. The maximum atomic E-state index is 13.5. The van der Waals surface area contributed by atoms with E-state index in [0.29, 0.717) is 0 Å². The minimum atomic E-state index is -1.56. The molecule has 20 heavy (non-hydrogen) atoms. The Kier molecular flexibility index (Phi) is 3.43. The first-order valence-electron chi connectivity index (χ1n) is 5.63. The van der Waals surface area contributed by atoms with E-state index >= 15 is 0 Å². The fourth-order valence-corrected chi connectivity index (χ4v) is 1.98. The van der Waals surface area contributed by atoms with Crippen molar-refractivity contribution in [3.05, 3.63) is 46.2 Å². The number of carbonyl (C=O) groups excluding carboxylic acids is 2. The first-order valence-corrected chi connectivity index (χ1v) is 6.01. The average molecular weight is 300 g/mol. The number of carbonyl (C=O) groups is 2. The van der Waals surface area contributed by atoms with Gasteiger partial charge in [0.25, 0.3) is 5.78 Å². The highest BCUT2D eigenvalue weighted by molar-refractivity contribution is 6.30. The smallest absolute Gasteiger partial charge is 0.308 e. The lowest BCUT2D eigenvalue weighted by atomic mass is 9.91. The van der Waals surface area contributed by atoms with E-state index in [1.807, 2.05) is 0 Å². The molecule has 0 amide bonds. The van der Waals surface area contributed by atoms with Crippen LogP contribution in [0.25, 0.3) is 0 Å². The fourth-order valence-electron chi connectivity index (χ4n) is 1.86. The predicted octanol–water partition coefficient (Wildman–Crippen LogP) is 1.98. The molecule has 0 saturated carbocycles. The predicted molar refractivity (Wildman–Crippen MR) is 67.8 cm³/mol. The molecule has 0 saturated heterocycles. The highest BCUT2D eigenvalue weighted by Gasteiger charge is 2.48. The molecule has 1 aliphatic heterocycles. The zero-order valence-corrected chi connectivity index (χ0v) is 11.5. The van der Waals surface area contributed by atoms with Gasteiger partial charge in [-0.2, -0.15) is 0 Å². The van der Waals surface area contributed by atoms with Gasteiger partial charge in [0.1, 0.15) is 5.82 Å². The SMILES string of the molecule is CC(=O)OC1=C(N)OC(C)(c2ccc(Cl)c(F)c2)C1=O. The largest absolute Gasteiger partial charge is 0.457 e. The highest BCUT2D eigenvalue weighted by Crippen LogP contribution is 2.38. The summed E-state index contributed by atoms with van der Waals surface area (Å²) < 4.78 is 23.5. The van der Waals surface area contributed by atoms with Crippen LogP contribution in [0.15, 0.2) is 29.8 Å². The number of ether oxygens (including phenoxy) is 2. The summed E-state index contributed by atoms with van der Waals surface area (Å²) >= 11 is 5.59. The van der Waals surface area contributed by atoms with Crippen LogP contribution in [0, 0.1) is 5.82 Å². The summed E-state index contributed by atoms with van der Waals surface area (Å²) in [5.74, 6) is -2.75. The molecule has 1 aliphatic rings. The van der Waals surface area contributed by atoms with Crippen LogP contribution in [0.1, 0.15) is 19.4 Å². The van der Waals surface area contributed by atoms with Crippen molar-refractivity contribution in [2.75, 3.05) is 0 Å². The summed E-state index contributed by atoms with van der Waals surface area (Å²) in [6.45, 7) is 2.53. The monoisotopic (exact) mass is 299 g/mol. The Morgan fingerprint density at radius 3 is 2.70 bits per heavy atom. The normalized spacial score (nSPS) is 21.9. The maximum Gasteiger partial charge on any atom is 0.308 e. The second kappa shape index (κ2) is 4.79. The number of rotatable bonds is 2. The summed E-state index contributed by atoms with van der Waals surface area (Å²) in [5.41, 5.74) is 4.20. The lowest BCUT2D eigenvalue weighted by molar-refractivity contribution is -0.142. The highest BCUT2D eigenvalue weighted by atomic mass is 35.5. The minimum absolute atomic E-state index is 0.0797. The Morgan fingerprint density at radius 2 is 2.15 bits per heavy atom. The molecular weight excluding hydrogens is 289 g/mol. The summed E-state index contributed by atoms with van der Waals surface area (Å²) in [6, 6.07) is 3.81. The fraction of sp³-hybridized carbons (Fsp3) is 0.231. The van der Waals surface area contributed by atoms with Crippen molar-refractivity contribution in [3.63, 3.8) is 0 Å². The van der Waals surface area contributed by atoms with Gasteiger partial charge in [-0.25, -0.2) is 4.39 Å². The molecule has 1 unspecified atom stereocenters. The third-order valence-corrected chi connectivity index (χ3v) is 3.20. The molecule has 7 heteroatoms. The molecule has 5 nitrogen and oxygen atoms in total. The first kappa shape index (κ1) is 14.3. The number of nitrogens with two attached hydrogens (primary N) is 1. The van der Waals surface area contributed by atoms with Crippen molar-refractivity contribution < 1.29 is 23.5 Å². The molecule has 1 aromatic carbocycles. The van der Waals surface area contributed by atoms with Crippen LogP contribution < -0.4 is 5.73 Å². The Labute approximate surface area is 119 Å². The first-order chi connectivity index (χ1) is 9.25. The molecule has 2 N–H and O–H groups in total. The van der Waals surface area contributed by atoms with E-state index in [-0.39, 0.29) is 22.2 Å². The van der Waals surface area contributed by atoms with E-state index < -0.39 is 23.2 Å². The number of halogens is 2. The lowest BCUT2D eigenvalue weighted by Crippen LogP contribution is -2.32. The minimum Gasteiger partial charge on any atom is -0.457 e. The topological polar surface area (TPSA) is 78.6 Å². The van der Waals surface area contributed by atoms with Gasteiger partial charge in [-0.15, -0.1) is 0 Å². The van der Waals surface area contributed by atoms with Gasteiger partial charge in [0.05, 0.1) is 5.02 Å². The third kappa shape index (κ3) is 2.22. The van der Waals surface area contributed by atoms with Crippen molar-refractivity contribution in [3.8, 4) is 0 Å². The van der Waals surface area contributed by atoms with Crippen LogP contribution in [0.3, 0.4) is 0 Å². The van der Waals surface area contributed by atoms with Crippen molar-refractivity contribution in [1.29, 1.82) is 0 Å². The second-order valence-corrected chi connectivity index (χ2v) is 4.79. The molecular formula is C13H11ClFNO4. The quantitative estimate of drug-likeness (QED) is 0.845. The van der Waals surface area contributed by atoms with Crippen LogP contribution in [0.2, 0.25) is 5.02 Å². The van der Waals surface area contributed by atoms with Gasteiger partial charge >= 0.3 is 5.97 Å². The van der Waals surface area contributed by atoms with E-state index in [4.69, 9.17) is 26.8 Å². The van der Waals surface area contributed by atoms with E-state index in [1.165, 1.54) is 19.1 Å². The number of ketones is 1. The van der Waals surface area contributed by atoms with Gasteiger partial charge < -0.3 is 15.2 Å². The number of benzene rings is 1. The standard InChI is InChI=1S/C13H11ClFNO4/c1-6(17)19-10-11(18)13(2,20-12(10)16)7-3-4-8(14)9(15)5-7/h3-5H,16H2,1-2H3. The Hall–Kier alpha value is -2.08. The van der Waals surface area contributed by atoms with Gasteiger partial charge in [0.15, 0.2) is 5.60 Å². The van der Waals surface area contributed by atoms with E-state index in [0.717, 1.165) is 13.0 Å². The molecule has 106 valence electrons. The average Bonchev–Trinajstić information content (AvgIpc) is 2.57. The molecule has 0 aromatic heterocycles. The van der Waals surface area contributed by atoms with Crippen LogP contribution in [-0.4, -0.2) is 11.8 Å². The van der Waals surface area contributed by atoms with E-state index in [1.54, 1.807) is 0 Å². The number of hydrogen-bond donors (Lipinski definition) is 1. The van der Waals surface area contributed by atoms with Crippen LogP contribution in [-0.2, 0) is 24.7 Å². The van der Waals surface area contributed by atoms with E-state index in [2.05, 4.69) is 0 Å². The van der Waals surface area contributed by atoms with Crippen molar-refractivity contribution >= 4 is 23.4 Å². The maximum absolute atomic E-state index is 13.5. The molecule has 0 aliphatic carbocycles. The van der Waals surface area contributed by atoms with E-state index in [9.17, 15) is 14.0 Å². The summed E-state index contributed by atoms with van der Waals surface area (Å²) in [5, 5.41) is -0.0797. The summed E-state index contributed by atoms with van der Waals surface area (Å²) in [6.07, 6.45) is 0. The van der Waals surface area contributed by atoms with Gasteiger partial charge in [-0.1, -0.05) is 17.7 Å². The number of esters is 1.